The van der Waals surface area contributed by atoms with E-state index in [1.807, 2.05) is 12.1 Å². The van der Waals surface area contributed by atoms with Crippen LogP contribution in [0.3, 0.4) is 0 Å². The smallest absolute Gasteiger partial charge is 0.123 e. The Labute approximate surface area is 84.1 Å². The third kappa shape index (κ3) is 1.35. The minimum absolute atomic E-state index is 0.0231. The zero-order valence-corrected chi connectivity index (χ0v) is 8.29. The molecule has 72 valence electrons. The van der Waals surface area contributed by atoms with E-state index in [1.165, 1.54) is 5.56 Å². The van der Waals surface area contributed by atoms with Gasteiger partial charge in [-0.05, 0) is 30.9 Å². The molecule has 14 heavy (non-hydrogen) atoms. The van der Waals surface area contributed by atoms with Crippen LogP contribution in [0.2, 0.25) is 0 Å². The van der Waals surface area contributed by atoms with Crippen LogP contribution in [0.4, 0.5) is 0 Å². The Balaban J connectivity index is 2.53. The van der Waals surface area contributed by atoms with Crippen molar-refractivity contribution in [3.05, 3.63) is 29.3 Å². The lowest BCUT2D eigenvalue weighted by atomic mass is 9.83. The summed E-state index contributed by atoms with van der Waals surface area (Å²) < 4.78 is 5.29. The first kappa shape index (κ1) is 9.08. The number of nitrogens with zero attached hydrogens (tertiary/aromatic N) is 1. The maximum absolute atomic E-state index is 9.05. The molecular weight excluding hydrogens is 174 g/mol. The predicted octanol–water partition coefficient (Wildman–Crippen LogP) is 2.64. The molecule has 0 amide bonds. The third-order valence-corrected chi connectivity index (χ3v) is 2.82. The van der Waals surface area contributed by atoms with E-state index >= 15 is 0 Å². The van der Waals surface area contributed by atoms with Crippen LogP contribution in [0.1, 0.15) is 29.9 Å². The Hall–Kier alpha value is -1.49. The second-order valence-corrected chi connectivity index (χ2v) is 3.61. The van der Waals surface area contributed by atoms with Crippen molar-refractivity contribution in [1.29, 1.82) is 5.26 Å². The molecule has 0 saturated carbocycles. The molecule has 0 radical (unpaired) electrons. The lowest BCUT2D eigenvalue weighted by Gasteiger charge is -2.22. The van der Waals surface area contributed by atoms with E-state index in [4.69, 9.17) is 10.00 Å². The van der Waals surface area contributed by atoms with Gasteiger partial charge in [-0.3, -0.25) is 0 Å². The summed E-state index contributed by atoms with van der Waals surface area (Å²) in [6.07, 6.45) is 3.15. The highest BCUT2D eigenvalue weighted by atomic mass is 16.5. The first-order chi connectivity index (χ1) is 6.86. The second kappa shape index (κ2) is 3.71. The molecular formula is C12H13NO. The van der Waals surface area contributed by atoms with Gasteiger partial charge in [-0.2, -0.15) is 5.26 Å². The highest BCUT2D eigenvalue weighted by Gasteiger charge is 2.23. The summed E-state index contributed by atoms with van der Waals surface area (Å²) in [4.78, 5) is 0. The van der Waals surface area contributed by atoms with E-state index in [0.717, 1.165) is 30.6 Å². The van der Waals surface area contributed by atoms with E-state index < -0.39 is 0 Å². The first-order valence-corrected chi connectivity index (χ1v) is 4.92. The van der Waals surface area contributed by atoms with Crippen LogP contribution in [0.15, 0.2) is 18.2 Å². The molecule has 2 heteroatoms. The number of methoxy groups -OCH3 is 1. The zero-order valence-electron chi connectivity index (χ0n) is 8.29. The van der Waals surface area contributed by atoms with E-state index in [1.54, 1.807) is 7.11 Å². The molecule has 1 atom stereocenters. The van der Waals surface area contributed by atoms with Crippen molar-refractivity contribution in [3.8, 4) is 11.8 Å². The summed E-state index contributed by atoms with van der Waals surface area (Å²) in [6, 6.07) is 8.39. The number of rotatable bonds is 1. The second-order valence-electron chi connectivity index (χ2n) is 3.61. The summed E-state index contributed by atoms with van der Waals surface area (Å²) in [6.45, 7) is 0. The molecule has 1 aromatic rings. The van der Waals surface area contributed by atoms with Crippen LogP contribution in [0.25, 0.3) is 0 Å². The molecule has 0 bridgehead atoms. The summed E-state index contributed by atoms with van der Waals surface area (Å²) in [5.41, 5.74) is 2.39. The van der Waals surface area contributed by atoms with Crippen molar-refractivity contribution in [2.24, 2.45) is 0 Å². The van der Waals surface area contributed by atoms with Crippen molar-refractivity contribution in [2.75, 3.05) is 7.11 Å². The molecule has 0 N–H and O–H groups in total. The highest BCUT2D eigenvalue weighted by Crippen LogP contribution is 2.37. The number of ether oxygens (including phenoxy) is 1. The molecule has 0 fully saturated rings. The minimum atomic E-state index is 0.0231. The monoisotopic (exact) mass is 187 g/mol. The summed E-state index contributed by atoms with van der Waals surface area (Å²) in [5.74, 6) is 0.892. The predicted molar refractivity (Wildman–Crippen MR) is 54.3 cm³/mol. The first-order valence-electron chi connectivity index (χ1n) is 4.92. The van der Waals surface area contributed by atoms with Gasteiger partial charge in [0.15, 0.2) is 0 Å². The highest BCUT2D eigenvalue weighted by molar-refractivity contribution is 5.46. The molecule has 2 nitrogen and oxygen atoms in total. The number of benzene rings is 1. The Kier molecular flexibility index (Phi) is 2.41. The van der Waals surface area contributed by atoms with Gasteiger partial charge in [0.25, 0.3) is 0 Å². The van der Waals surface area contributed by atoms with Crippen molar-refractivity contribution in [1.82, 2.24) is 0 Å². The molecule has 0 aromatic heterocycles. The number of fused-ring (bicyclic) bond motifs is 1. The fourth-order valence-electron chi connectivity index (χ4n) is 2.15. The van der Waals surface area contributed by atoms with Crippen LogP contribution in [-0.2, 0) is 6.42 Å². The average molecular weight is 187 g/mol. The van der Waals surface area contributed by atoms with Crippen LogP contribution in [0, 0.1) is 11.3 Å². The maximum atomic E-state index is 9.05. The summed E-state index contributed by atoms with van der Waals surface area (Å²) in [5, 5.41) is 9.05. The topological polar surface area (TPSA) is 33.0 Å². The number of hydrogen-bond donors (Lipinski definition) is 0. The molecule has 1 aliphatic rings. The third-order valence-electron chi connectivity index (χ3n) is 2.82. The lowest BCUT2D eigenvalue weighted by Crippen LogP contribution is -2.09. The fraction of sp³-hybridized carbons (Fsp3) is 0.417. The van der Waals surface area contributed by atoms with E-state index in [2.05, 4.69) is 12.1 Å². The molecule has 1 aromatic carbocycles. The number of hydrogen-bond acceptors (Lipinski definition) is 2. The van der Waals surface area contributed by atoms with E-state index in [0.29, 0.717) is 0 Å². The fourth-order valence-corrected chi connectivity index (χ4v) is 2.15. The quantitative estimate of drug-likeness (QED) is 0.677. The van der Waals surface area contributed by atoms with Gasteiger partial charge in [0.2, 0.25) is 0 Å². The Morgan fingerprint density at radius 3 is 3.07 bits per heavy atom. The van der Waals surface area contributed by atoms with Gasteiger partial charge in [0, 0.05) is 5.56 Å². The van der Waals surface area contributed by atoms with Gasteiger partial charge >= 0.3 is 0 Å². The van der Waals surface area contributed by atoms with Crippen molar-refractivity contribution in [3.63, 3.8) is 0 Å². The lowest BCUT2D eigenvalue weighted by molar-refractivity contribution is 0.403. The molecule has 2 rings (SSSR count). The number of nitriles is 1. The molecule has 0 aliphatic heterocycles. The number of aryl methyl sites for hydroxylation is 1. The van der Waals surface area contributed by atoms with Gasteiger partial charge in [0.1, 0.15) is 5.75 Å². The maximum Gasteiger partial charge on any atom is 0.123 e. The molecule has 0 saturated heterocycles. The molecule has 1 unspecified atom stereocenters. The standard InChI is InChI=1S/C12H13NO/c1-14-11-7-3-5-9-4-2-6-10(8-13)12(9)11/h3,5,7,10H,2,4,6H2,1H3. The van der Waals surface area contributed by atoms with Crippen molar-refractivity contribution < 1.29 is 4.74 Å². The SMILES string of the molecule is COc1cccc2c1C(C#N)CCC2. The largest absolute Gasteiger partial charge is 0.496 e. The zero-order chi connectivity index (χ0) is 9.97. The van der Waals surface area contributed by atoms with Crippen molar-refractivity contribution >= 4 is 0 Å². The Morgan fingerprint density at radius 2 is 2.36 bits per heavy atom. The average Bonchev–Trinajstić information content (AvgIpc) is 2.27. The Bertz CT molecular complexity index is 364. The van der Waals surface area contributed by atoms with E-state index in [9.17, 15) is 0 Å². The van der Waals surface area contributed by atoms with Gasteiger partial charge in [-0.1, -0.05) is 12.1 Å². The van der Waals surface area contributed by atoms with Gasteiger partial charge in [-0.25, -0.2) is 0 Å². The van der Waals surface area contributed by atoms with Crippen LogP contribution < -0.4 is 4.74 Å². The molecule has 0 heterocycles. The van der Waals surface area contributed by atoms with Gasteiger partial charge in [-0.15, -0.1) is 0 Å². The summed E-state index contributed by atoms with van der Waals surface area (Å²) >= 11 is 0. The molecule has 0 spiro atoms. The van der Waals surface area contributed by atoms with Crippen molar-refractivity contribution in [2.45, 2.75) is 25.2 Å². The minimum Gasteiger partial charge on any atom is -0.496 e. The van der Waals surface area contributed by atoms with Crippen LogP contribution in [0.5, 0.6) is 5.75 Å². The van der Waals surface area contributed by atoms with E-state index in [-0.39, 0.29) is 5.92 Å². The van der Waals surface area contributed by atoms with Crippen LogP contribution >= 0.6 is 0 Å². The van der Waals surface area contributed by atoms with Crippen LogP contribution in [-0.4, -0.2) is 7.11 Å². The Morgan fingerprint density at radius 1 is 1.50 bits per heavy atom. The van der Waals surface area contributed by atoms with Gasteiger partial charge in [0.05, 0.1) is 19.1 Å². The molecule has 1 aliphatic carbocycles. The summed E-state index contributed by atoms with van der Waals surface area (Å²) in [7, 11) is 1.67. The normalized spacial score (nSPS) is 19.6. The van der Waals surface area contributed by atoms with Gasteiger partial charge < -0.3 is 4.74 Å².